The molecule has 0 aliphatic carbocycles. The van der Waals surface area contributed by atoms with E-state index in [1.807, 2.05) is 27.9 Å². The predicted molar refractivity (Wildman–Crippen MR) is 136 cm³/mol. The van der Waals surface area contributed by atoms with Crippen LogP contribution in [0.25, 0.3) is 0 Å². The van der Waals surface area contributed by atoms with Gasteiger partial charge in [-0.1, -0.05) is 12.1 Å². The number of benzene rings is 1. The maximum atomic E-state index is 12.0. The topological polar surface area (TPSA) is 78.8 Å². The molecule has 0 aliphatic rings. The first-order chi connectivity index (χ1) is 13.8. The Labute approximate surface area is 200 Å². The first-order valence-corrected chi connectivity index (χ1v) is 10.5. The zero-order valence-electron chi connectivity index (χ0n) is 18.5. The van der Waals surface area contributed by atoms with E-state index in [1.54, 1.807) is 14.0 Å². The number of halogens is 1. The maximum absolute atomic E-state index is 12.0. The standard InChI is InChI=1S/C21H31N5O2S.HI/c1-7-28-20(27)18-14(2)24-19(29-18)15(3)25-21(22-4)23-13-12-16-8-10-17(11-9-16)26(5)6;/h8-11,15H,7,12-13H2,1-6H3,(H2,22,23,25);1H. The van der Waals surface area contributed by atoms with Crippen molar-refractivity contribution in [3.63, 3.8) is 0 Å². The minimum atomic E-state index is -0.316. The largest absolute Gasteiger partial charge is 0.462 e. The third kappa shape index (κ3) is 7.42. The number of ether oxygens (including phenoxy) is 1. The van der Waals surface area contributed by atoms with Gasteiger partial charge in [-0.25, -0.2) is 9.78 Å². The molecule has 2 N–H and O–H groups in total. The van der Waals surface area contributed by atoms with Crippen molar-refractivity contribution in [2.24, 2.45) is 4.99 Å². The Bertz CT molecular complexity index is 836. The molecule has 1 aromatic heterocycles. The molecule has 0 spiro atoms. The summed E-state index contributed by atoms with van der Waals surface area (Å²) in [6.45, 7) is 6.74. The van der Waals surface area contributed by atoms with Crippen LogP contribution in [-0.2, 0) is 11.2 Å². The van der Waals surface area contributed by atoms with Crippen LogP contribution >= 0.6 is 35.3 Å². The number of hydrogen-bond donors (Lipinski definition) is 2. The number of hydrogen-bond acceptors (Lipinski definition) is 6. The number of guanidine groups is 1. The summed E-state index contributed by atoms with van der Waals surface area (Å²) in [6.07, 6.45) is 0.895. The fourth-order valence-corrected chi connectivity index (χ4v) is 3.70. The Morgan fingerprint density at radius 1 is 1.30 bits per heavy atom. The second kappa shape index (κ2) is 12.7. The van der Waals surface area contributed by atoms with Crippen LogP contribution in [0.2, 0.25) is 0 Å². The summed E-state index contributed by atoms with van der Waals surface area (Å²) >= 11 is 1.36. The molecule has 0 bridgehead atoms. The normalized spacial score (nSPS) is 12.0. The van der Waals surface area contributed by atoms with E-state index in [-0.39, 0.29) is 36.0 Å². The Kier molecular flexibility index (Phi) is 11.1. The highest BCUT2D eigenvalue weighted by molar-refractivity contribution is 14.0. The number of aryl methyl sites for hydroxylation is 1. The van der Waals surface area contributed by atoms with Gasteiger partial charge in [0.15, 0.2) is 5.96 Å². The summed E-state index contributed by atoms with van der Waals surface area (Å²) in [5.74, 6) is 0.386. The summed E-state index contributed by atoms with van der Waals surface area (Å²) in [5.41, 5.74) is 3.15. The summed E-state index contributed by atoms with van der Waals surface area (Å²) in [7, 11) is 5.81. The second-order valence-electron chi connectivity index (χ2n) is 6.86. The first-order valence-electron chi connectivity index (χ1n) is 9.73. The Morgan fingerprint density at radius 2 is 1.97 bits per heavy atom. The van der Waals surface area contributed by atoms with Gasteiger partial charge < -0.3 is 20.3 Å². The predicted octanol–water partition coefficient (Wildman–Crippen LogP) is 3.78. The first kappa shape index (κ1) is 26.2. The highest BCUT2D eigenvalue weighted by Gasteiger charge is 2.20. The van der Waals surface area contributed by atoms with Crippen LogP contribution < -0.4 is 15.5 Å². The molecule has 1 unspecified atom stereocenters. The van der Waals surface area contributed by atoms with Crippen molar-refractivity contribution in [3.8, 4) is 0 Å². The second-order valence-corrected chi connectivity index (χ2v) is 7.89. The number of thiazole rings is 1. The molecular weight excluding hydrogens is 513 g/mol. The molecular formula is C21H32IN5O2S. The van der Waals surface area contributed by atoms with Crippen molar-refractivity contribution in [1.29, 1.82) is 0 Å². The summed E-state index contributed by atoms with van der Waals surface area (Å²) < 4.78 is 5.09. The number of esters is 1. The van der Waals surface area contributed by atoms with Crippen molar-refractivity contribution in [3.05, 3.63) is 45.4 Å². The third-order valence-corrected chi connectivity index (χ3v) is 5.70. The van der Waals surface area contributed by atoms with Gasteiger partial charge in [0.1, 0.15) is 9.88 Å². The van der Waals surface area contributed by atoms with E-state index in [4.69, 9.17) is 4.74 Å². The van der Waals surface area contributed by atoms with E-state index in [9.17, 15) is 4.79 Å². The number of aliphatic imine (C=N–C) groups is 1. The number of nitrogens with one attached hydrogen (secondary N) is 2. The SMILES string of the molecule is CCOC(=O)c1sc(C(C)NC(=NC)NCCc2ccc(N(C)C)cc2)nc1C.I. The van der Waals surface area contributed by atoms with Gasteiger partial charge >= 0.3 is 5.97 Å². The molecule has 0 saturated heterocycles. The summed E-state index contributed by atoms with van der Waals surface area (Å²) in [4.78, 5) is 23.5. The van der Waals surface area contributed by atoms with Crippen molar-refractivity contribution in [2.45, 2.75) is 33.2 Å². The van der Waals surface area contributed by atoms with Crippen LogP contribution in [-0.4, -0.2) is 51.2 Å². The summed E-state index contributed by atoms with van der Waals surface area (Å²) in [6, 6.07) is 8.45. The number of rotatable bonds is 8. The van der Waals surface area contributed by atoms with E-state index in [0.29, 0.717) is 23.1 Å². The molecule has 7 nitrogen and oxygen atoms in total. The van der Waals surface area contributed by atoms with Crippen LogP contribution in [0.3, 0.4) is 0 Å². The maximum Gasteiger partial charge on any atom is 0.350 e. The molecule has 0 amide bonds. The average molecular weight is 545 g/mol. The fraction of sp³-hybridized carbons (Fsp3) is 0.476. The quantitative estimate of drug-likeness (QED) is 0.228. The smallest absolute Gasteiger partial charge is 0.350 e. The Balaban J connectivity index is 0.00000450. The molecule has 166 valence electrons. The van der Waals surface area contributed by atoms with Crippen molar-refractivity contribution in [2.75, 3.05) is 39.2 Å². The van der Waals surface area contributed by atoms with E-state index < -0.39 is 0 Å². The Hall–Kier alpha value is -1.88. The molecule has 0 radical (unpaired) electrons. The molecule has 2 aromatic rings. The minimum Gasteiger partial charge on any atom is -0.462 e. The van der Waals surface area contributed by atoms with Gasteiger partial charge in [0.2, 0.25) is 0 Å². The van der Waals surface area contributed by atoms with E-state index >= 15 is 0 Å². The number of carbonyl (C=O) groups is 1. The van der Waals surface area contributed by atoms with E-state index in [1.165, 1.54) is 22.6 Å². The van der Waals surface area contributed by atoms with E-state index in [0.717, 1.165) is 18.0 Å². The van der Waals surface area contributed by atoms with Gasteiger partial charge in [-0.05, 0) is 44.9 Å². The zero-order chi connectivity index (χ0) is 21.4. The van der Waals surface area contributed by atoms with Gasteiger partial charge in [-0.15, -0.1) is 35.3 Å². The average Bonchev–Trinajstić information content (AvgIpc) is 3.09. The highest BCUT2D eigenvalue weighted by Crippen LogP contribution is 2.24. The lowest BCUT2D eigenvalue weighted by molar-refractivity contribution is 0.0531. The van der Waals surface area contributed by atoms with Crippen molar-refractivity contribution >= 4 is 52.9 Å². The minimum absolute atomic E-state index is 0. The summed E-state index contributed by atoms with van der Waals surface area (Å²) in [5, 5.41) is 7.49. The molecule has 1 atom stereocenters. The van der Waals surface area contributed by atoms with Crippen LogP contribution in [0.15, 0.2) is 29.3 Å². The van der Waals surface area contributed by atoms with Gasteiger partial charge in [0.05, 0.1) is 18.3 Å². The zero-order valence-corrected chi connectivity index (χ0v) is 21.6. The lowest BCUT2D eigenvalue weighted by Crippen LogP contribution is -2.39. The van der Waals surface area contributed by atoms with Gasteiger partial charge in [-0.2, -0.15) is 0 Å². The van der Waals surface area contributed by atoms with Gasteiger partial charge in [0.25, 0.3) is 0 Å². The molecule has 0 saturated carbocycles. The van der Waals surface area contributed by atoms with Crippen LogP contribution in [0, 0.1) is 6.92 Å². The molecule has 1 heterocycles. The van der Waals surface area contributed by atoms with Crippen molar-refractivity contribution in [1.82, 2.24) is 15.6 Å². The number of anilines is 1. The van der Waals surface area contributed by atoms with Crippen molar-refractivity contribution < 1.29 is 9.53 Å². The van der Waals surface area contributed by atoms with Gasteiger partial charge in [-0.3, -0.25) is 4.99 Å². The fourth-order valence-electron chi connectivity index (χ4n) is 2.74. The molecule has 9 heteroatoms. The lowest BCUT2D eigenvalue weighted by Gasteiger charge is -2.16. The third-order valence-electron chi connectivity index (χ3n) is 4.38. The number of nitrogens with zero attached hydrogens (tertiary/aromatic N) is 3. The Morgan fingerprint density at radius 3 is 2.53 bits per heavy atom. The van der Waals surface area contributed by atoms with Gasteiger partial charge in [0, 0.05) is 33.4 Å². The molecule has 0 fully saturated rings. The van der Waals surface area contributed by atoms with E-state index in [2.05, 4.69) is 49.8 Å². The van der Waals surface area contributed by atoms with Crippen LogP contribution in [0.1, 0.15) is 45.8 Å². The molecule has 2 rings (SSSR count). The van der Waals surface area contributed by atoms with Crippen LogP contribution in [0.4, 0.5) is 5.69 Å². The number of carbonyl (C=O) groups excluding carboxylic acids is 1. The lowest BCUT2D eigenvalue weighted by atomic mass is 10.1. The molecule has 30 heavy (non-hydrogen) atoms. The van der Waals surface area contributed by atoms with Crippen LogP contribution in [0.5, 0.6) is 0 Å². The monoisotopic (exact) mass is 545 g/mol. The highest BCUT2D eigenvalue weighted by atomic mass is 127. The molecule has 0 aliphatic heterocycles. The number of aromatic nitrogens is 1. The molecule has 1 aromatic carbocycles.